The van der Waals surface area contributed by atoms with Gasteiger partial charge in [-0.1, -0.05) is 12.1 Å². The number of nitrogens with one attached hydrogen (secondary N) is 1. The molecule has 1 aliphatic heterocycles. The molecule has 1 aliphatic rings. The van der Waals surface area contributed by atoms with Crippen LogP contribution in [0.2, 0.25) is 0 Å². The Morgan fingerprint density at radius 1 is 1.14 bits per heavy atom. The normalized spacial score (nSPS) is 20.4. The summed E-state index contributed by atoms with van der Waals surface area (Å²) < 4.78 is 77.3. The highest BCUT2D eigenvalue weighted by molar-refractivity contribution is 5.84. The van der Waals surface area contributed by atoms with Crippen molar-refractivity contribution in [3.63, 3.8) is 0 Å². The van der Waals surface area contributed by atoms with Gasteiger partial charge in [0.05, 0.1) is 17.4 Å². The zero-order valence-corrected chi connectivity index (χ0v) is 10.7. The zero-order chi connectivity index (χ0) is 16.0. The smallest absolute Gasteiger partial charge is 0.389 e. The summed E-state index contributed by atoms with van der Waals surface area (Å²) in [4.78, 5) is 0. The Labute approximate surface area is 116 Å². The predicted molar refractivity (Wildman–Crippen MR) is 64.6 cm³/mol. The fourth-order valence-corrected chi connectivity index (χ4v) is 2.19. The van der Waals surface area contributed by atoms with Gasteiger partial charge in [0.15, 0.2) is 0 Å². The molecule has 2 rings (SSSR count). The summed E-state index contributed by atoms with van der Waals surface area (Å²) in [6, 6.07) is 0.749. The van der Waals surface area contributed by atoms with E-state index in [0.29, 0.717) is 12.1 Å². The number of anilines is 1. The number of hydrogen-bond acceptors (Lipinski definition) is 2. The summed E-state index contributed by atoms with van der Waals surface area (Å²) in [6.45, 7) is 1.20. The van der Waals surface area contributed by atoms with Crippen molar-refractivity contribution in [2.45, 2.75) is 31.4 Å². The van der Waals surface area contributed by atoms with Crippen LogP contribution in [-0.4, -0.2) is 23.4 Å². The van der Waals surface area contributed by atoms with Crippen molar-refractivity contribution in [3.8, 4) is 0 Å². The quantitative estimate of drug-likeness (QED) is 0.773. The molecular formula is C13H11F6NO. The van der Waals surface area contributed by atoms with Gasteiger partial charge < -0.3 is 10.4 Å². The molecule has 2 atom stereocenters. The number of aliphatic hydroxyl groups is 1. The number of aliphatic hydroxyl groups excluding tert-OH is 1. The van der Waals surface area contributed by atoms with Gasteiger partial charge >= 0.3 is 12.4 Å². The summed E-state index contributed by atoms with van der Waals surface area (Å²) in [5.41, 5.74) is -2.12. The molecule has 0 bridgehead atoms. The van der Waals surface area contributed by atoms with Crippen LogP contribution in [0.1, 0.15) is 18.1 Å². The molecule has 0 aromatic heterocycles. The topological polar surface area (TPSA) is 32.3 Å². The number of fused-ring (bicyclic) bond motifs is 1. The third-order valence-corrected chi connectivity index (χ3v) is 3.13. The molecule has 0 radical (unpaired) electrons. The monoisotopic (exact) mass is 311 g/mol. The van der Waals surface area contributed by atoms with Gasteiger partial charge in [-0.15, -0.1) is 0 Å². The molecule has 2 nitrogen and oxygen atoms in total. The van der Waals surface area contributed by atoms with Crippen LogP contribution in [0.5, 0.6) is 0 Å². The fraction of sp³-hybridized carbons (Fsp3) is 0.385. The summed E-state index contributed by atoms with van der Waals surface area (Å²) in [6.07, 6.45) is -10.2. The Morgan fingerprint density at radius 3 is 2.24 bits per heavy atom. The van der Waals surface area contributed by atoms with Crippen LogP contribution in [0.15, 0.2) is 24.3 Å². The van der Waals surface area contributed by atoms with E-state index in [1.54, 1.807) is 0 Å². The van der Waals surface area contributed by atoms with Crippen LogP contribution in [0.4, 0.5) is 32.0 Å². The minimum absolute atomic E-state index is 0.0830. The number of para-hydroxylation sites is 1. The Bertz CT molecular complexity index is 573. The highest BCUT2D eigenvalue weighted by atomic mass is 19.4. The Morgan fingerprint density at radius 2 is 1.76 bits per heavy atom. The maximum Gasteiger partial charge on any atom is 0.418 e. The van der Waals surface area contributed by atoms with Crippen molar-refractivity contribution in [2.24, 2.45) is 0 Å². The molecule has 1 aromatic rings. The molecule has 0 spiro atoms. The second-order valence-electron chi connectivity index (χ2n) is 4.69. The first-order valence-electron chi connectivity index (χ1n) is 5.95. The van der Waals surface area contributed by atoms with Crippen LogP contribution in [0.3, 0.4) is 0 Å². The lowest BCUT2D eigenvalue weighted by Gasteiger charge is -2.31. The van der Waals surface area contributed by atoms with Gasteiger partial charge in [0.1, 0.15) is 6.04 Å². The molecule has 2 N–H and O–H groups in total. The number of alkyl halides is 6. The van der Waals surface area contributed by atoms with E-state index in [4.69, 9.17) is 0 Å². The van der Waals surface area contributed by atoms with Gasteiger partial charge in [0.25, 0.3) is 0 Å². The van der Waals surface area contributed by atoms with E-state index in [2.05, 4.69) is 0 Å². The Hall–Kier alpha value is -1.70. The summed E-state index contributed by atoms with van der Waals surface area (Å²) in [5.74, 6) is 0. The lowest BCUT2D eigenvalue weighted by molar-refractivity contribution is -0.139. The van der Waals surface area contributed by atoms with Gasteiger partial charge in [0, 0.05) is 5.56 Å². The van der Waals surface area contributed by atoms with Crippen molar-refractivity contribution in [1.82, 2.24) is 0 Å². The van der Waals surface area contributed by atoms with E-state index < -0.39 is 35.7 Å². The van der Waals surface area contributed by atoms with Crippen LogP contribution < -0.4 is 5.32 Å². The first kappa shape index (κ1) is 15.7. The predicted octanol–water partition coefficient (Wildman–Crippen LogP) is 3.83. The van der Waals surface area contributed by atoms with Gasteiger partial charge in [-0.3, -0.25) is 0 Å². The third kappa shape index (κ3) is 2.99. The molecule has 0 saturated carbocycles. The number of halogens is 6. The highest BCUT2D eigenvalue weighted by Gasteiger charge is 2.44. The van der Waals surface area contributed by atoms with E-state index in [-0.39, 0.29) is 11.1 Å². The van der Waals surface area contributed by atoms with Gasteiger partial charge in [-0.05, 0) is 24.6 Å². The highest BCUT2D eigenvalue weighted by Crippen LogP contribution is 2.43. The molecule has 2 unspecified atom stereocenters. The van der Waals surface area contributed by atoms with Crippen molar-refractivity contribution < 1.29 is 31.4 Å². The largest absolute Gasteiger partial charge is 0.418 e. The van der Waals surface area contributed by atoms with Crippen molar-refractivity contribution in [2.75, 3.05) is 5.32 Å². The van der Waals surface area contributed by atoms with Crippen LogP contribution in [0, 0.1) is 0 Å². The Balaban J connectivity index is 2.64. The maximum absolute atomic E-state index is 12.9. The molecule has 1 heterocycles. The van der Waals surface area contributed by atoms with E-state index >= 15 is 0 Å². The molecular weight excluding hydrogens is 300 g/mol. The summed E-state index contributed by atoms with van der Waals surface area (Å²) in [7, 11) is 0. The SMILES string of the molecule is CC(O)C1=CC(C(F)(F)F)Nc2c1cccc2C(F)(F)F. The van der Waals surface area contributed by atoms with Crippen molar-refractivity contribution >= 4 is 11.3 Å². The molecule has 8 heteroatoms. The van der Waals surface area contributed by atoms with Crippen molar-refractivity contribution in [1.29, 1.82) is 0 Å². The average molecular weight is 311 g/mol. The molecule has 0 fully saturated rings. The standard InChI is InChI=1S/C13H11F6NO/c1-6(21)8-5-10(13(17,18)19)20-11-7(8)3-2-4-9(11)12(14,15)16/h2-6,10,20-21H,1H3. The number of rotatable bonds is 1. The molecule has 1 aromatic carbocycles. The second-order valence-corrected chi connectivity index (χ2v) is 4.69. The minimum atomic E-state index is -4.80. The first-order chi connectivity index (χ1) is 9.51. The Kier molecular flexibility index (Phi) is 3.69. The summed E-state index contributed by atoms with van der Waals surface area (Å²) >= 11 is 0. The zero-order valence-electron chi connectivity index (χ0n) is 10.7. The van der Waals surface area contributed by atoms with Gasteiger partial charge in [-0.2, -0.15) is 26.3 Å². The van der Waals surface area contributed by atoms with E-state index in [1.165, 1.54) is 13.0 Å². The van der Waals surface area contributed by atoms with Gasteiger partial charge in [-0.25, -0.2) is 0 Å². The molecule has 0 saturated heterocycles. The third-order valence-electron chi connectivity index (χ3n) is 3.13. The second kappa shape index (κ2) is 4.94. The molecule has 21 heavy (non-hydrogen) atoms. The average Bonchev–Trinajstić information content (AvgIpc) is 2.34. The molecule has 116 valence electrons. The van der Waals surface area contributed by atoms with Crippen molar-refractivity contribution in [3.05, 3.63) is 35.4 Å². The number of hydrogen-bond donors (Lipinski definition) is 2. The lowest BCUT2D eigenvalue weighted by atomic mass is 9.91. The first-order valence-corrected chi connectivity index (χ1v) is 5.95. The molecule has 0 amide bonds. The van der Waals surface area contributed by atoms with E-state index in [0.717, 1.165) is 6.07 Å². The van der Waals surface area contributed by atoms with E-state index in [1.807, 2.05) is 5.32 Å². The van der Waals surface area contributed by atoms with E-state index in [9.17, 15) is 31.4 Å². The van der Waals surface area contributed by atoms with Gasteiger partial charge in [0.2, 0.25) is 0 Å². The lowest BCUT2D eigenvalue weighted by Crippen LogP contribution is -2.38. The molecule has 0 aliphatic carbocycles. The fourth-order valence-electron chi connectivity index (χ4n) is 2.19. The van der Waals surface area contributed by atoms with Crippen LogP contribution >= 0.6 is 0 Å². The maximum atomic E-state index is 12.9. The van der Waals surface area contributed by atoms with Crippen LogP contribution in [0.25, 0.3) is 5.57 Å². The summed E-state index contributed by atoms with van der Waals surface area (Å²) in [5, 5.41) is 11.4. The number of benzene rings is 1. The minimum Gasteiger partial charge on any atom is -0.389 e. The van der Waals surface area contributed by atoms with Crippen LogP contribution in [-0.2, 0) is 6.18 Å².